The van der Waals surface area contributed by atoms with E-state index < -0.39 is 0 Å². The summed E-state index contributed by atoms with van der Waals surface area (Å²) in [4.78, 5) is 16.2. The SMILES string of the molecule is CCN(CC)C(=O)CN(C)c1cccc(Br)c1C(N)=S. The molecule has 0 atom stereocenters. The van der Waals surface area contributed by atoms with Crippen LogP contribution >= 0.6 is 28.1 Å². The van der Waals surface area contributed by atoms with Crippen molar-refractivity contribution in [3.8, 4) is 0 Å². The van der Waals surface area contributed by atoms with Gasteiger partial charge in [0.15, 0.2) is 0 Å². The van der Waals surface area contributed by atoms with E-state index in [9.17, 15) is 4.79 Å². The molecule has 6 heteroatoms. The molecular formula is C14H20BrN3OS. The number of halogens is 1. The van der Waals surface area contributed by atoms with Crippen LogP contribution in [0.2, 0.25) is 0 Å². The summed E-state index contributed by atoms with van der Waals surface area (Å²) in [6.45, 7) is 5.67. The molecule has 0 saturated heterocycles. The maximum atomic E-state index is 12.2. The van der Waals surface area contributed by atoms with Crippen LogP contribution in [0.15, 0.2) is 22.7 Å². The first-order chi connectivity index (χ1) is 9.42. The Kier molecular flexibility index (Phi) is 6.42. The number of nitrogens with two attached hydrogens (primary N) is 1. The molecule has 1 aromatic carbocycles. The Morgan fingerprint density at radius 1 is 1.35 bits per heavy atom. The Morgan fingerprint density at radius 3 is 2.45 bits per heavy atom. The Morgan fingerprint density at radius 2 is 1.95 bits per heavy atom. The lowest BCUT2D eigenvalue weighted by Gasteiger charge is -2.26. The highest BCUT2D eigenvalue weighted by Gasteiger charge is 2.17. The number of rotatable bonds is 6. The summed E-state index contributed by atoms with van der Waals surface area (Å²) >= 11 is 8.54. The molecule has 0 aromatic heterocycles. The lowest BCUT2D eigenvalue weighted by molar-refractivity contribution is -0.129. The first-order valence-corrected chi connectivity index (χ1v) is 7.69. The summed E-state index contributed by atoms with van der Waals surface area (Å²) in [5.74, 6) is 0.0892. The molecule has 0 radical (unpaired) electrons. The summed E-state index contributed by atoms with van der Waals surface area (Å²) in [7, 11) is 1.87. The topological polar surface area (TPSA) is 49.6 Å². The van der Waals surface area contributed by atoms with Crippen LogP contribution in [0.5, 0.6) is 0 Å². The van der Waals surface area contributed by atoms with E-state index in [2.05, 4.69) is 15.9 Å². The largest absolute Gasteiger partial charge is 0.389 e. The maximum absolute atomic E-state index is 12.2. The Balaban J connectivity index is 2.99. The smallest absolute Gasteiger partial charge is 0.242 e. The molecule has 110 valence electrons. The quantitative estimate of drug-likeness (QED) is 0.794. The van der Waals surface area contributed by atoms with Gasteiger partial charge in [-0.05, 0) is 41.9 Å². The minimum atomic E-state index is 0.0892. The first-order valence-electron chi connectivity index (χ1n) is 6.49. The van der Waals surface area contributed by atoms with Crippen molar-refractivity contribution in [2.24, 2.45) is 5.73 Å². The summed E-state index contributed by atoms with van der Waals surface area (Å²) < 4.78 is 0.838. The van der Waals surface area contributed by atoms with Crippen LogP contribution in [0.25, 0.3) is 0 Å². The van der Waals surface area contributed by atoms with Gasteiger partial charge < -0.3 is 15.5 Å². The van der Waals surface area contributed by atoms with Gasteiger partial charge in [-0.2, -0.15) is 0 Å². The molecular weight excluding hydrogens is 338 g/mol. The van der Waals surface area contributed by atoms with Crippen LogP contribution in [-0.2, 0) is 4.79 Å². The molecule has 4 nitrogen and oxygen atoms in total. The average Bonchev–Trinajstić information content (AvgIpc) is 2.39. The predicted octanol–water partition coefficient (Wildman–Crippen LogP) is 2.39. The van der Waals surface area contributed by atoms with E-state index in [1.54, 1.807) is 4.90 Å². The number of benzene rings is 1. The maximum Gasteiger partial charge on any atom is 0.242 e. The fraction of sp³-hybridized carbons (Fsp3) is 0.429. The van der Waals surface area contributed by atoms with Crippen molar-refractivity contribution in [2.45, 2.75) is 13.8 Å². The number of thiocarbonyl (C=S) groups is 1. The van der Waals surface area contributed by atoms with Crippen molar-refractivity contribution in [1.82, 2.24) is 4.90 Å². The van der Waals surface area contributed by atoms with Crippen molar-refractivity contribution >= 4 is 44.7 Å². The van der Waals surface area contributed by atoms with E-state index >= 15 is 0 Å². The van der Waals surface area contributed by atoms with Gasteiger partial charge in [0.1, 0.15) is 4.99 Å². The first kappa shape index (κ1) is 16.9. The van der Waals surface area contributed by atoms with Crippen molar-refractivity contribution < 1.29 is 4.79 Å². The molecule has 1 amide bonds. The second kappa shape index (κ2) is 7.59. The molecule has 1 aromatic rings. The second-order valence-electron chi connectivity index (χ2n) is 4.42. The van der Waals surface area contributed by atoms with Crippen molar-refractivity contribution in [3.05, 3.63) is 28.2 Å². The van der Waals surface area contributed by atoms with Gasteiger partial charge in [0.05, 0.1) is 6.54 Å². The molecule has 0 heterocycles. The number of hydrogen-bond acceptors (Lipinski definition) is 3. The summed E-state index contributed by atoms with van der Waals surface area (Å²) in [6.07, 6.45) is 0. The Hall–Kier alpha value is -1.14. The highest BCUT2D eigenvalue weighted by atomic mass is 79.9. The molecule has 0 aliphatic carbocycles. The summed E-state index contributed by atoms with van der Waals surface area (Å²) in [5.41, 5.74) is 7.39. The van der Waals surface area contributed by atoms with Gasteiger partial charge >= 0.3 is 0 Å². The molecule has 0 fully saturated rings. The zero-order valence-electron chi connectivity index (χ0n) is 12.0. The number of amides is 1. The Labute approximate surface area is 134 Å². The van der Waals surface area contributed by atoms with Gasteiger partial charge in [-0.3, -0.25) is 4.79 Å². The third-order valence-electron chi connectivity index (χ3n) is 3.14. The lowest BCUT2D eigenvalue weighted by atomic mass is 10.1. The van der Waals surface area contributed by atoms with Crippen molar-refractivity contribution in [3.63, 3.8) is 0 Å². The molecule has 0 spiro atoms. The van der Waals surface area contributed by atoms with Crippen molar-refractivity contribution in [1.29, 1.82) is 0 Å². The minimum absolute atomic E-state index is 0.0892. The molecule has 0 unspecified atom stereocenters. The van der Waals surface area contributed by atoms with E-state index in [1.807, 2.05) is 44.0 Å². The van der Waals surface area contributed by atoms with Crippen LogP contribution in [0.4, 0.5) is 5.69 Å². The van der Waals surface area contributed by atoms with E-state index in [-0.39, 0.29) is 5.91 Å². The molecule has 1 rings (SSSR count). The summed E-state index contributed by atoms with van der Waals surface area (Å²) in [5, 5.41) is 0. The zero-order chi connectivity index (χ0) is 15.3. The van der Waals surface area contributed by atoms with Crippen LogP contribution in [0.1, 0.15) is 19.4 Å². The molecule has 0 bridgehead atoms. The van der Waals surface area contributed by atoms with Gasteiger partial charge in [0.25, 0.3) is 0 Å². The highest BCUT2D eigenvalue weighted by molar-refractivity contribution is 9.10. The molecule has 0 saturated carbocycles. The fourth-order valence-electron chi connectivity index (χ4n) is 2.04. The second-order valence-corrected chi connectivity index (χ2v) is 5.71. The van der Waals surface area contributed by atoms with Crippen molar-refractivity contribution in [2.75, 3.05) is 31.6 Å². The fourth-order valence-corrected chi connectivity index (χ4v) is 2.95. The molecule has 0 aliphatic rings. The third kappa shape index (κ3) is 3.93. The molecule has 0 aliphatic heterocycles. The average molecular weight is 358 g/mol. The van der Waals surface area contributed by atoms with Gasteiger partial charge in [-0.25, -0.2) is 0 Å². The number of anilines is 1. The van der Waals surface area contributed by atoms with Gasteiger partial charge in [-0.15, -0.1) is 0 Å². The van der Waals surface area contributed by atoms with Gasteiger partial charge in [0.2, 0.25) is 5.91 Å². The number of hydrogen-bond donors (Lipinski definition) is 1. The normalized spacial score (nSPS) is 10.2. The number of nitrogens with zero attached hydrogens (tertiary/aromatic N) is 2. The van der Waals surface area contributed by atoms with Crippen LogP contribution in [0.3, 0.4) is 0 Å². The monoisotopic (exact) mass is 357 g/mol. The molecule has 2 N–H and O–H groups in total. The Bertz CT molecular complexity index is 503. The van der Waals surface area contributed by atoms with E-state index in [1.165, 1.54) is 0 Å². The van der Waals surface area contributed by atoms with Gasteiger partial charge in [-0.1, -0.05) is 18.3 Å². The summed E-state index contributed by atoms with van der Waals surface area (Å²) in [6, 6.07) is 5.70. The third-order valence-corrected chi connectivity index (χ3v) is 4.00. The lowest BCUT2D eigenvalue weighted by Crippen LogP contribution is -2.39. The number of carbonyl (C=O) groups excluding carboxylic acids is 1. The van der Waals surface area contributed by atoms with E-state index in [0.29, 0.717) is 24.6 Å². The van der Waals surface area contributed by atoms with Gasteiger partial charge in [0, 0.05) is 35.9 Å². The van der Waals surface area contributed by atoms with E-state index in [0.717, 1.165) is 15.7 Å². The predicted molar refractivity (Wildman–Crippen MR) is 91.2 cm³/mol. The van der Waals surface area contributed by atoms with Crippen LogP contribution in [0, 0.1) is 0 Å². The zero-order valence-corrected chi connectivity index (χ0v) is 14.4. The van der Waals surface area contributed by atoms with E-state index in [4.69, 9.17) is 18.0 Å². The number of carbonyl (C=O) groups is 1. The van der Waals surface area contributed by atoms with Crippen LogP contribution in [-0.4, -0.2) is 42.5 Å². The highest BCUT2D eigenvalue weighted by Crippen LogP contribution is 2.27. The minimum Gasteiger partial charge on any atom is -0.389 e. The number of likely N-dealkylation sites (N-methyl/N-ethyl adjacent to an activating group) is 2. The molecule has 20 heavy (non-hydrogen) atoms. The van der Waals surface area contributed by atoms with Crippen LogP contribution < -0.4 is 10.6 Å². The standard InChI is InChI=1S/C14H20BrN3OS/c1-4-18(5-2)12(19)9-17(3)11-8-6-7-10(15)13(11)14(16)20/h6-8H,4-5,9H2,1-3H3,(H2,16,20).